The van der Waals surface area contributed by atoms with Gasteiger partial charge in [0.2, 0.25) is 0 Å². The minimum Gasteiger partial charge on any atom is -0.510 e. The molecule has 5 heterocycles. The second-order valence-electron chi connectivity index (χ2n) is 24.2. The molecule has 0 fully saturated rings. The zero-order valence-corrected chi connectivity index (χ0v) is 48.3. The zero-order chi connectivity index (χ0) is 53.5. The van der Waals surface area contributed by atoms with Crippen molar-refractivity contribution in [2.24, 2.45) is 0 Å². The summed E-state index contributed by atoms with van der Waals surface area (Å²) in [5.41, 5.74) is 12.4. The number of hydrogen-bond donors (Lipinski definition) is 0. The van der Waals surface area contributed by atoms with Crippen molar-refractivity contribution < 1.29 is 30.2 Å². The summed E-state index contributed by atoms with van der Waals surface area (Å²) in [6.45, 7) is 16.4. The fourth-order valence-corrected chi connectivity index (χ4v) is 13.2. The zero-order valence-electron chi connectivity index (χ0n) is 46.0. The van der Waals surface area contributed by atoms with Crippen LogP contribution in [0.3, 0.4) is 0 Å². The van der Waals surface area contributed by atoms with Crippen LogP contribution in [0.5, 0.6) is 11.5 Å². The van der Waals surface area contributed by atoms with E-state index in [1.807, 2.05) is 12.3 Å². The molecular formula is C74H58N4OPt-2. The molecule has 15 rings (SSSR count). The molecule has 0 amide bonds. The van der Waals surface area contributed by atoms with Gasteiger partial charge in [-0.3, -0.25) is 4.40 Å². The number of nitrogens with zero attached hydrogens (tertiary/aromatic N) is 4. The average Bonchev–Trinajstić information content (AvgIpc) is 4.22. The first-order valence-electron chi connectivity index (χ1n) is 27.7. The maximum absolute atomic E-state index is 7.03. The molecule has 0 N–H and O–H groups in total. The van der Waals surface area contributed by atoms with E-state index in [-0.39, 0.29) is 37.3 Å². The summed E-state index contributed by atoms with van der Waals surface area (Å²) in [5, 5.41) is 13.5. The van der Waals surface area contributed by atoms with Crippen molar-refractivity contribution in [3.63, 3.8) is 0 Å². The van der Waals surface area contributed by atoms with Crippen LogP contribution in [0.15, 0.2) is 200 Å². The Kier molecular flexibility index (Phi) is 11.4. The Morgan fingerprint density at radius 1 is 0.487 bits per heavy atom. The van der Waals surface area contributed by atoms with Crippen molar-refractivity contribution in [2.75, 3.05) is 0 Å². The summed E-state index contributed by atoms with van der Waals surface area (Å²) in [7, 11) is 0. The molecule has 0 bridgehead atoms. The summed E-state index contributed by atoms with van der Waals surface area (Å²) >= 11 is 0. The summed E-state index contributed by atoms with van der Waals surface area (Å²) in [5.74, 6) is 1.99. The monoisotopic (exact) mass is 1210 g/mol. The summed E-state index contributed by atoms with van der Waals surface area (Å²) in [6, 6.07) is 78.6. The Labute approximate surface area is 480 Å². The number of para-hydroxylation sites is 2. The van der Waals surface area contributed by atoms with Gasteiger partial charge in [-0.25, -0.2) is 4.98 Å². The van der Waals surface area contributed by atoms with Crippen LogP contribution in [0.4, 0.5) is 0 Å². The third kappa shape index (κ3) is 7.68. The normalized spacial score (nSPS) is 14.2. The third-order valence-electron chi connectivity index (χ3n) is 17.4. The third-order valence-corrected chi connectivity index (χ3v) is 17.4. The van der Waals surface area contributed by atoms with Gasteiger partial charge < -0.3 is 13.7 Å². The van der Waals surface area contributed by atoms with Crippen LogP contribution in [-0.4, -0.2) is 14.0 Å². The molecule has 5 nitrogen and oxygen atoms in total. The van der Waals surface area contributed by atoms with Crippen LogP contribution < -0.4 is 9.14 Å². The standard InChI is InChI=1S/C74H58N4O.Pt/c1-72(2,3)47-37-40-75-68(42-47)78-65-30-17-16-25-57(65)59-35-33-49(44-67(59)78)79-48-32-34-58-53-21-10-8-19-51(53)55-23-12-14-26-61(55)70-71-62-27-15-13-24-56(62)52-20-9-11-22-54(52)60-29-18-28-50(69(60)77(71)45-76(70)66(58)43-48)46-31-36-63-64(41-46)74(6,7)39-38-73(63,4)5;/h8-37,40-42H,38-39H2,1-7H3;/q-2;. The topological polar surface area (TPSA) is 35.6 Å². The van der Waals surface area contributed by atoms with Crippen molar-refractivity contribution in [3.8, 4) is 28.4 Å². The molecule has 6 heteroatoms. The summed E-state index contributed by atoms with van der Waals surface area (Å²) in [4.78, 5) is 4.95. The molecule has 14 aromatic rings. The van der Waals surface area contributed by atoms with Gasteiger partial charge in [-0.1, -0.05) is 211 Å². The molecule has 0 atom stereocenters. The van der Waals surface area contributed by atoms with Crippen LogP contribution >= 0.6 is 0 Å². The first-order valence-corrected chi connectivity index (χ1v) is 27.7. The number of hydrogen-bond acceptors (Lipinski definition) is 2. The maximum atomic E-state index is 7.03. The van der Waals surface area contributed by atoms with E-state index in [0.29, 0.717) is 11.5 Å². The quantitative estimate of drug-likeness (QED) is 0.130. The molecule has 0 radical (unpaired) electrons. The van der Waals surface area contributed by atoms with Gasteiger partial charge in [0.1, 0.15) is 5.82 Å². The largest absolute Gasteiger partial charge is 0.510 e. The predicted molar refractivity (Wildman–Crippen MR) is 328 cm³/mol. The maximum Gasteiger partial charge on any atom is 0.268 e. The van der Waals surface area contributed by atoms with E-state index in [9.17, 15) is 0 Å². The van der Waals surface area contributed by atoms with Crippen LogP contribution in [0.2, 0.25) is 0 Å². The van der Waals surface area contributed by atoms with Gasteiger partial charge in [0.15, 0.2) is 0 Å². The molecule has 0 spiro atoms. The number of rotatable bonds is 4. The fourth-order valence-electron chi connectivity index (χ4n) is 13.2. The Hall–Kier alpha value is -8.37. The minimum atomic E-state index is -0.0545. The Morgan fingerprint density at radius 3 is 1.65 bits per heavy atom. The van der Waals surface area contributed by atoms with E-state index in [2.05, 4.69) is 268 Å². The molecule has 0 saturated carbocycles. The first kappa shape index (κ1) is 49.9. The predicted octanol–water partition coefficient (Wildman–Crippen LogP) is 18.7. The van der Waals surface area contributed by atoms with Crippen LogP contribution in [0.1, 0.15) is 78.0 Å². The SMILES string of the molecule is CC(C)(C)c1ccnc(-n2c3[c-]c(Oc4[c-]c5c(cc4)c4ccccc4c4ccccc4c4c6c7ccccc7c7ccccc7c7cccc(-c8ccc9c(c8)C(C)(C)CCC9(C)C)c7[n+]6[c-]n54)ccc3c3ccccc32)c1.[Pt]. The van der Waals surface area contributed by atoms with E-state index in [0.717, 1.165) is 111 Å². The average molecular weight is 1210 g/mol. The van der Waals surface area contributed by atoms with Gasteiger partial charge >= 0.3 is 0 Å². The minimum absolute atomic E-state index is 0. The van der Waals surface area contributed by atoms with Crippen molar-refractivity contribution in [1.29, 1.82) is 0 Å². The molecule has 0 aliphatic heterocycles. The Morgan fingerprint density at radius 2 is 1.00 bits per heavy atom. The Balaban J connectivity index is 0.00000577. The molecule has 1 aliphatic carbocycles. The molecule has 1 aliphatic rings. The molecule has 0 unspecified atom stereocenters. The number of ether oxygens (including phenoxy) is 1. The van der Waals surface area contributed by atoms with E-state index >= 15 is 0 Å². The van der Waals surface area contributed by atoms with Crippen molar-refractivity contribution in [3.05, 3.63) is 235 Å². The van der Waals surface area contributed by atoms with E-state index in [1.54, 1.807) is 0 Å². The van der Waals surface area contributed by atoms with Gasteiger partial charge in [0.25, 0.3) is 6.33 Å². The smallest absolute Gasteiger partial charge is 0.268 e. The van der Waals surface area contributed by atoms with Gasteiger partial charge in [-0.2, -0.15) is 12.1 Å². The molecule has 80 heavy (non-hydrogen) atoms. The number of benzene rings is 9. The molecule has 5 aromatic heterocycles. The van der Waals surface area contributed by atoms with E-state index in [4.69, 9.17) is 9.72 Å². The van der Waals surface area contributed by atoms with Crippen molar-refractivity contribution in [1.82, 2.24) is 14.0 Å². The van der Waals surface area contributed by atoms with Crippen LogP contribution in [0, 0.1) is 18.5 Å². The van der Waals surface area contributed by atoms with E-state index < -0.39 is 0 Å². The summed E-state index contributed by atoms with van der Waals surface area (Å²) in [6.07, 6.45) is 8.36. The van der Waals surface area contributed by atoms with Gasteiger partial charge in [-0.15, -0.1) is 35.0 Å². The van der Waals surface area contributed by atoms with Gasteiger partial charge in [0, 0.05) is 44.3 Å². The van der Waals surface area contributed by atoms with Crippen LogP contribution in [0.25, 0.3) is 115 Å². The Bertz CT molecular complexity index is 4990. The number of imidazole rings is 1. The van der Waals surface area contributed by atoms with Crippen molar-refractivity contribution in [2.45, 2.75) is 77.6 Å². The molecule has 392 valence electrons. The molecular weight excluding hydrogens is 1160 g/mol. The number of aromatic nitrogens is 4. The van der Waals surface area contributed by atoms with Crippen LogP contribution in [-0.2, 0) is 37.3 Å². The van der Waals surface area contributed by atoms with Gasteiger partial charge in [0.05, 0.1) is 16.6 Å². The number of pyridine rings is 1. The molecule has 0 saturated heterocycles. The second kappa shape index (κ2) is 18.3. The second-order valence-corrected chi connectivity index (χ2v) is 24.2. The van der Waals surface area contributed by atoms with E-state index in [1.165, 1.54) is 33.0 Å². The van der Waals surface area contributed by atoms with Gasteiger partial charge in [-0.05, 0) is 129 Å². The first-order chi connectivity index (χ1) is 38.3. The fraction of sp³-hybridized carbons (Fsp3) is 0.162. The number of fused-ring (bicyclic) bond motifs is 21. The summed E-state index contributed by atoms with van der Waals surface area (Å²) < 4.78 is 13.9. The molecule has 9 aromatic carbocycles. The van der Waals surface area contributed by atoms with Crippen molar-refractivity contribution >= 4 is 97.7 Å².